The summed E-state index contributed by atoms with van der Waals surface area (Å²) in [5.41, 5.74) is 2.80. The molecule has 0 saturated carbocycles. The number of anilines is 1. The molecule has 18 heavy (non-hydrogen) atoms. The van der Waals surface area contributed by atoms with Crippen molar-refractivity contribution in [3.63, 3.8) is 0 Å². The fraction of sp³-hybridized carbons (Fsp3) is 0.625. The molecule has 2 nitrogen and oxygen atoms in total. The van der Waals surface area contributed by atoms with E-state index in [9.17, 15) is 0 Å². The fourth-order valence-corrected chi connectivity index (χ4v) is 2.57. The number of hydrogen-bond donors (Lipinski definition) is 1. The van der Waals surface area contributed by atoms with Gasteiger partial charge in [0.05, 0.1) is 0 Å². The van der Waals surface area contributed by atoms with Crippen molar-refractivity contribution in [2.75, 3.05) is 24.5 Å². The summed E-state index contributed by atoms with van der Waals surface area (Å²) >= 11 is 0. The summed E-state index contributed by atoms with van der Waals surface area (Å²) in [7, 11) is 0. The maximum absolute atomic E-state index is 3.57. The van der Waals surface area contributed by atoms with Gasteiger partial charge in [-0.2, -0.15) is 0 Å². The van der Waals surface area contributed by atoms with Gasteiger partial charge in [0.2, 0.25) is 0 Å². The first kappa shape index (κ1) is 13.4. The average Bonchev–Trinajstić information content (AvgIpc) is 2.34. The van der Waals surface area contributed by atoms with Gasteiger partial charge in [-0.3, -0.25) is 0 Å². The van der Waals surface area contributed by atoms with Crippen LogP contribution in [0.3, 0.4) is 0 Å². The van der Waals surface area contributed by atoms with Gasteiger partial charge in [0.25, 0.3) is 0 Å². The minimum atomic E-state index is 0.579. The number of rotatable bonds is 2. The van der Waals surface area contributed by atoms with E-state index in [-0.39, 0.29) is 0 Å². The Morgan fingerprint density at radius 3 is 2.56 bits per heavy atom. The minimum absolute atomic E-state index is 0.579. The summed E-state index contributed by atoms with van der Waals surface area (Å²) in [6.07, 6.45) is 2.57. The Morgan fingerprint density at radius 2 is 1.89 bits per heavy atom. The Hall–Kier alpha value is -1.02. The van der Waals surface area contributed by atoms with Crippen molar-refractivity contribution in [1.82, 2.24) is 5.32 Å². The molecule has 0 spiro atoms. The molecule has 1 N–H and O–H groups in total. The van der Waals surface area contributed by atoms with Crippen LogP contribution in [0.5, 0.6) is 0 Å². The van der Waals surface area contributed by atoms with Crippen molar-refractivity contribution in [2.24, 2.45) is 0 Å². The van der Waals surface area contributed by atoms with Gasteiger partial charge in [0.15, 0.2) is 0 Å². The van der Waals surface area contributed by atoms with Crippen LogP contribution in [0.4, 0.5) is 5.69 Å². The molecule has 0 radical (unpaired) electrons. The van der Waals surface area contributed by atoms with E-state index in [1.54, 1.807) is 0 Å². The normalized spacial score (nSPS) is 21.8. The van der Waals surface area contributed by atoms with Crippen molar-refractivity contribution in [3.8, 4) is 0 Å². The lowest BCUT2D eigenvalue weighted by molar-refractivity contribution is 0.485. The maximum atomic E-state index is 3.57. The first-order chi connectivity index (χ1) is 8.66. The molecule has 1 fully saturated rings. The number of benzene rings is 1. The molecule has 0 amide bonds. The van der Waals surface area contributed by atoms with E-state index >= 15 is 0 Å². The van der Waals surface area contributed by atoms with Crippen LogP contribution in [0.25, 0.3) is 0 Å². The van der Waals surface area contributed by atoms with Crippen LogP contribution in [0.15, 0.2) is 24.3 Å². The number of hydrogen-bond acceptors (Lipinski definition) is 2. The lowest BCUT2D eigenvalue weighted by Crippen LogP contribution is -2.42. The Balaban J connectivity index is 2.08. The Morgan fingerprint density at radius 1 is 1.17 bits per heavy atom. The zero-order valence-electron chi connectivity index (χ0n) is 11.9. The van der Waals surface area contributed by atoms with Gasteiger partial charge in [0, 0.05) is 24.8 Å². The third-order valence-electron chi connectivity index (χ3n) is 3.77. The van der Waals surface area contributed by atoms with Gasteiger partial charge < -0.3 is 10.2 Å². The van der Waals surface area contributed by atoms with Gasteiger partial charge in [-0.15, -0.1) is 0 Å². The van der Waals surface area contributed by atoms with Crippen LogP contribution in [-0.2, 0) is 0 Å². The molecule has 1 aromatic carbocycles. The molecule has 0 bridgehead atoms. The SMILES string of the molecule is CC1CN(c2ccc(C(C)C)cc2)CCCCN1. The van der Waals surface area contributed by atoms with Gasteiger partial charge in [-0.25, -0.2) is 0 Å². The summed E-state index contributed by atoms with van der Waals surface area (Å²) < 4.78 is 0. The van der Waals surface area contributed by atoms with Crippen molar-refractivity contribution in [1.29, 1.82) is 0 Å². The molecule has 1 aliphatic rings. The predicted octanol–water partition coefficient (Wildman–Crippen LogP) is 3.39. The molecule has 1 heterocycles. The topological polar surface area (TPSA) is 15.3 Å². The molecule has 1 atom stereocenters. The van der Waals surface area contributed by atoms with Crippen LogP contribution < -0.4 is 10.2 Å². The van der Waals surface area contributed by atoms with Crippen LogP contribution in [0.2, 0.25) is 0 Å². The third kappa shape index (κ3) is 3.49. The second kappa shape index (κ2) is 6.24. The summed E-state index contributed by atoms with van der Waals surface area (Å²) in [5.74, 6) is 0.618. The molecule has 1 saturated heterocycles. The molecule has 1 aliphatic heterocycles. The monoisotopic (exact) mass is 246 g/mol. The highest BCUT2D eigenvalue weighted by atomic mass is 15.2. The van der Waals surface area contributed by atoms with Crippen LogP contribution in [-0.4, -0.2) is 25.7 Å². The largest absolute Gasteiger partial charge is 0.370 e. The van der Waals surface area contributed by atoms with Crippen molar-refractivity contribution in [2.45, 2.75) is 45.6 Å². The Kier molecular flexibility index (Phi) is 4.65. The molecule has 100 valence electrons. The van der Waals surface area contributed by atoms with Gasteiger partial charge in [-0.05, 0) is 49.9 Å². The highest BCUT2D eigenvalue weighted by Crippen LogP contribution is 2.21. The first-order valence-corrected chi connectivity index (χ1v) is 7.25. The van der Waals surface area contributed by atoms with Gasteiger partial charge in [0.1, 0.15) is 0 Å². The molecule has 2 rings (SSSR count). The van der Waals surface area contributed by atoms with Crippen LogP contribution in [0, 0.1) is 0 Å². The highest BCUT2D eigenvalue weighted by Gasteiger charge is 2.13. The molecular weight excluding hydrogens is 220 g/mol. The molecule has 1 aromatic rings. The quantitative estimate of drug-likeness (QED) is 0.860. The molecular formula is C16H26N2. The smallest absolute Gasteiger partial charge is 0.0366 e. The summed E-state index contributed by atoms with van der Waals surface area (Å²) in [6.45, 7) is 10.2. The van der Waals surface area contributed by atoms with Gasteiger partial charge in [-0.1, -0.05) is 26.0 Å². The standard InChI is InChI=1S/C16H26N2/c1-13(2)15-6-8-16(9-7-15)18-11-5-4-10-17-14(3)12-18/h6-9,13-14,17H,4-5,10-12H2,1-3H3. The third-order valence-corrected chi connectivity index (χ3v) is 3.77. The average molecular weight is 246 g/mol. The number of nitrogens with one attached hydrogen (secondary N) is 1. The zero-order chi connectivity index (χ0) is 13.0. The van der Waals surface area contributed by atoms with Crippen molar-refractivity contribution in [3.05, 3.63) is 29.8 Å². The summed E-state index contributed by atoms with van der Waals surface area (Å²) in [4.78, 5) is 2.51. The minimum Gasteiger partial charge on any atom is -0.370 e. The van der Waals surface area contributed by atoms with Gasteiger partial charge >= 0.3 is 0 Å². The van der Waals surface area contributed by atoms with E-state index in [1.165, 1.54) is 37.2 Å². The maximum Gasteiger partial charge on any atom is 0.0366 e. The second-order valence-corrected chi connectivity index (χ2v) is 5.75. The van der Waals surface area contributed by atoms with E-state index in [2.05, 4.69) is 55.3 Å². The summed E-state index contributed by atoms with van der Waals surface area (Å²) in [5, 5.41) is 3.57. The van der Waals surface area contributed by atoms with Crippen molar-refractivity contribution < 1.29 is 0 Å². The fourth-order valence-electron chi connectivity index (χ4n) is 2.57. The van der Waals surface area contributed by atoms with Crippen LogP contribution >= 0.6 is 0 Å². The van der Waals surface area contributed by atoms with E-state index in [1.807, 2.05) is 0 Å². The molecule has 0 aliphatic carbocycles. The van der Waals surface area contributed by atoms with E-state index in [0.717, 1.165) is 6.54 Å². The molecule has 0 aromatic heterocycles. The first-order valence-electron chi connectivity index (χ1n) is 7.25. The number of nitrogens with zero attached hydrogens (tertiary/aromatic N) is 1. The van der Waals surface area contributed by atoms with E-state index in [0.29, 0.717) is 12.0 Å². The predicted molar refractivity (Wildman–Crippen MR) is 79.4 cm³/mol. The van der Waals surface area contributed by atoms with Crippen LogP contribution in [0.1, 0.15) is 45.1 Å². The van der Waals surface area contributed by atoms with E-state index < -0.39 is 0 Å². The molecule has 1 unspecified atom stereocenters. The molecule has 2 heteroatoms. The van der Waals surface area contributed by atoms with Crippen molar-refractivity contribution >= 4 is 5.69 Å². The lowest BCUT2D eigenvalue weighted by Gasteiger charge is -2.31. The Bertz CT molecular complexity index is 356. The van der Waals surface area contributed by atoms with E-state index in [4.69, 9.17) is 0 Å². The lowest BCUT2D eigenvalue weighted by atomic mass is 10.0. The second-order valence-electron chi connectivity index (χ2n) is 5.75. The Labute approximate surface area is 111 Å². The summed E-state index contributed by atoms with van der Waals surface area (Å²) in [6, 6.07) is 9.69. The zero-order valence-corrected chi connectivity index (χ0v) is 11.9. The highest BCUT2D eigenvalue weighted by molar-refractivity contribution is 5.48.